The third-order valence-corrected chi connectivity index (χ3v) is 4.89. The van der Waals surface area contributed by atoms with E-state index in [1.807, 2.05) is 13.8 Å². The second-order valence-electron chi connectivity index (χ2n) is 7.74. The average Bonchev–Trinajstić information content (AvgIpc) is 2.75. The molecule has 2 N–H and O–H groups in total. The monoisotopic (exact) mass is 459 g/mol. The van der Waals surface area contributed by atoms with Gasteiger partial charge < -0.3 is 29.6 Å². The fraction of sp³-hybridized carbons (Fsp3) is 0.360. The fourth-order valence-electron chi connectivity index (χ4n) is 3.44. The lowest BCUT2D eigenvalue weighted by molar-refractivity contribution is -0.304. The van der Waals surface area contributed by atoms with Crippen molar-refractivity contribution in [3.63, 3.8) is 0 Å². The summed E-state index contributed by atoms with van der Waals surface area (Å²) < 4.78 is 24.9. The number of carbonyl (C=O) groups is 2. The SMILES string of the molecule is COc1c(OCCO)cc(C(C)C)c(/C=C/C(O)CC(=O)CC(=O)[O-])c1-c1ccc(F)cc1. The molecule has 0 spiro atoms. The summed E-state index contributed by atoms with van der Waals surface area (Å²) in [6, 6.07) is 7.58. The van der Waals surface area contributed by atoms with Crippen molar-refractivity contribution in [1.29, 1.82) is 0 Å². The molecule has 0 fully saturated rings. The van der Waals surface area contributed by atoms with E-state index in [9.17, 15) is 29.3 Å². The third kappa shape index (κ3) is 7.13. The Morgan fingerprint density at radius 3 is 2.42 bits per heavy atom. The number of aliphatic carboxylic acids is 1. The molecule has 0 aromatic heterocycles. The molecule has 0 amide bonds. The van der Waals surface area contributed by atoms with Gasteiger partial charge in [-0.3, -0.25) is 4.79 Å². The number of carboxylic acids is 1. The van der Waals surface area contributed by atoms with Gasteiger partial charge in [0, 0.05) is 24.4 Å². The van der Waals surface area contributed by atoms with Crippen LogP contribution in [0.1, 0.15) is 43.7 Å². The molecule has 0 heterocycles. The van der Waals surface area contributed by atoms with Crippen molar-refractivity contribution in [2.45, 2.75) is 38.7 Å². The Morgan fingerprint density at radius 2 is 1.88 bits per heavy atom. The molecule has 0 saturated carbocycles. The molecule has 1 atom stereocenters. The number of benzene rings is 2. The van der Waals surface area contributed by atoms with E-state index in [4.69, 9.17) is 9.47 Å². The highest BCUT2D eigenvalue weighted by Crippen LogP contribution is 2.45. The van der Waals surface area contributed by atoms with Crippen LogP contribution in [0, 0.1) is 5.82 Å². The smallest absolute Gasteiger partial charge is 0.169 e. The standard InChI is InChI=1S/C25H29FO7/c1-15(2)21-14-22(33-11-10-27)25(32-3)24(16-4-6-17(26)7-5-16)20(21)9-8-18(28)12-19(29)13-23(30)31/h4-9,14-15,18,27-28H,10-13H2,1-3H3,(H,30,31)/p-1/b9-8+. The highest BCUT2D eigenvalue weighted by atomic mass is 19.1. The van der Waals surface area contributed by atoms with Crippen molar-refractivity contribution in [3.8, 4) is 22.6 Å². The minimum absolute atomic E-state index is 0.00286. The minimum atomic E-state index is -1.50. The summed E-state index contributed by atoms with van der Waals surface area (Å²) in [4.78, 5) is 22.3. The van der Waals surface area contributed by atoms with Crippen molar-refractivity contribution < 1.29 is 38.8 Å². The number of carbonyl (C=O) groups excluding carboxylic acids is 2. The molecular weight excluding hydrogens is 431 g/mol. The third-order valence-electron chi connectivity index (χ3n) is 4.89. The molecule has 1 unspecified atom stereocenters. The summed E-state index contributed by atoms with van der Waals surface area (Å²) in [6.45, 7) is 3.78. The van der Waals surface area contributed by atoms with E-state index < -0.39 is 30.1 Å². The zero-order valence-electron chi connectivity index (χ0n) is 18.8. The van der Waals surface area contributed by atoms with Gasteiger partial charge in [0.1, 0.15) is 18.2 Å². The van der Waals surface area contributed by atoms with Crippen molar-refractivity contribution in [2.24, 2.45) is 0 Å². The number of hydrogen-bond acceptors (Lipinski definition) is 7. The van der Waals surface area contributed by atoms with Crippen LogP contribution < -0.4 is 14.6 Å². The summed E-state index contributed by atoms with van der Waals surface area (Å²) >= 11 is 0. The largest absolute Gasteiger partial charge is 0.550 e. The molecule has 0 saturated heterocycles. The molecule has 2 rings (SSSR count). The van der Waals surface area contributed by atoms with Gasteiger partial charge in [-0.15, -0.1) is 0 Å². The summed E-state index contributed by atoms with van der Waals surface area (Å²) in [7, 11) is 1.46. The Hall–Kier alpha value is -3.23. The van der Waals surface area contributed by atoms with E-state index in [0.29, 0.717) is 28.2 Å². The number of carboxylic acid groups (broad SMARTS) is 1. The summed E-state index contributed by atoms with van der Waals surface area (Å²) in [5.41, 5.74) is 2.71. The van der Waals surface area contributed by atoms with Crippen molar-refractivity contribution >= 4 is 17.8 Å². The van der Waals surface area contributed by atoms with E-state index in [1.54, 1.807) is 24.3 Å². The van der Waals surface area contributed by atoms with Crippen molar-refractivity contribution in [1.82, 2.24) is 0 Å². The number of rotatable bonds is 12. The van der Waals surface area contributed by atoms with Crippen LogP contribution in [0.25, 0.3) is 17.2 Å². The highest BCUT2D eigenvalue weighted by molar-refractivity contribution is 5.94. The predicted octanol–water partition coefficient (Wildman–Crippen LogP) is 2.47. The second-order valence-corrected chi connectivity index (χ2v) is 7.74. The van der Waals surface area contributed by atoms with E-state index in [2.05, 4.69) is 0 Å². The lowest BCUT2D eigenvalue weighted by Crippen LogP contribution is -2.26. The van der Waals surface area contributed by atoms with Gasteiger partial charge in [0.2, 0.25) is 0 Å². The Labute approximate surface area is 192 Å². The Morgan fingerprint density at radius 1 is 1.21 bits per heavy atom. The van der Waals surface area contributed by atoms with Crippen LogP contribution in [-0.4, -0.2) is 48.4 Å². The van der Waals surface area contributed by atoms with Gasteiger partial charge in [-0.25, -0.2) is 4.39 Å². The molecular formula is C25H28FO7-. The Balaban J connectivity index is 2.64. The number of aliphatic hydroxyl groups excluding tert-OH is 2. The van der Waals surface area contributed by atoms with Crippen LogP contribution in [0.4, 0.5) is 4.39 Å². The minimum Gasteiger partial charge on any atom is -0.550 e. The molecule has 33 heavy (non-hydrogen) atoms. The van der Waals surface area contributed by atoms with Gasteiger partial charge in [0.15, 0.2) is 11.5 Å². The van der Waals surface area contributed by atoms with Crippen molar-refractivity contribution in [3.05, 3.63) is 53.4 Å². The number of halogens is 1. The molecule has 0 bridgehead atoms. The maximum atomic E-state index is 13.6. The van der Waals surface area contributed by atoms with Gasteiger partial charge in [0.05, 0.1) is 19.8 Å². The first-order valence-corrected chi connectivity index (χ1v) is 10.5. The van der Waals surface area contributed by atoms with Gasteiger partial charge in [-0.2, -0.15) is 0 Å². The van der Waals surface area contributed by atoms with E-state index in [0.717, 1.165) is 5.56 Å². The zero-order chi connectivity index (χ0) is 24.5. The van der Waals surface area contributed by atoms with E-state index in [1.165, 1.54) is 25.3 Å². The van der Waals surface area contributed by atoms with Crippen LogP contribution in [0.3, 0.4) is 0 Å². The first kappa shape index (κ1) is 26.0. The normalized spacial score (nSPS) is 12.2. The maximum absolute atomic E-state index is 13.6. The number of ether oxygens (including phenoxy) is 2. The number of hydrogen-bond donors (Lipinski definition) is 2. The Kier molecular flexibility index (Phi) is 9.57. The fourth-order valence-corrected chi connectivity index (χ4v) is 3.44. The molecule has 178 valence electrons. The molecule has 0 aliphatic rings. The topological polar surface area (TPSA) is 116 Å². The van der Waals surface area contributed by atoms with Crippen LogP contribution in [0.5, 0.6) is 11.5 Å². The lowest BCUT2D eigenvalue weighted by Gasteiger charge is -2.22. The average molecular weight is 459 g/mol. The predicted molar refractivity (Wildman–Crippen MR) is 119 cm³/mol. The molecule has 0 radical (unpaired) electrons. The maximum Gasteiger partial charge on any atom is 0.169 e. The number of methoxy groups -OCH3 is 1. The van der Waals surface area contributed by atoms with Crippen molar-refractivity contribution in [2.75, 3.05) is 20.3 Å². The molecule has 2 aromatic rings. The first-order chi connectivity index (χ1) is 15.7. The Bertz CT molecular complexity index is 997. The van der Waals surface area contributed by atoms with E-state index >= 15 is 0 Å². The number of aliphatic hydroxyl groups is 2. The highest BCUT2D eigenvalue weighted by Gasteiger charge is 2.22. The number of ketones is 1. The molecule has 7 nitrogen and oxygen atoms in total. The van der Waals surface area contributed by atoms with Crippen LogP contribution in [0.15, 0.2) is 36.4 Å². The van der Waals surface area contributed by atoms with Crippen LogP contribution in [0.2, 0.25) is 0 Å². The lowest BCUT2D eigenvalue weighted by atomic mass is 9.88. The zero-order valence-corrected chi connectivity index (χ0v) is 18.8. The number of Topliss-reactive ketones (excluding diaryl/α,β-unsaturated/α-hetero) is 1. The van der Waals surface area contributed by atoms with E-state index in [-0.39, 0.29) is 25.6 Å². The molecule has 0 aliphatic heterocycles. The summed E-state index contributed by atoms with van der Waals surface area (Å²) in [5, 5.41) is 30.1. The summed E-state index contributed by atoms with van der Waals surface area (Å²) in [5.74, 6) is -1.80. The van der Waals surface area contributed by atoms with Crippen LogP contribution in [-0.2, 0) is 9.59 Å². The first-order valence-electron chi connectivity index (χ1n) is 10.5. The molecule has 0 aliphatic carbocycles. The van der Waals surface area contributed by atoms with Crippen LogP contribution >= 0.6 is 0 Å². The van der Waals surface area contributed by atoms with Gasteiger partial charge in [0.25, 0.3) is 0 Å². The molecule has 8 heteroatoms. The van der Waals surface area contributed by atoms with Gasteiger partial charge >= 0.3 is 0 Å². The van der Waals surface area contributed by atoms with Gasteiger partial charge in [-0.05, 0) is 40.8 Å². The van der Waals surface area contributed by atoms with Gasteiger partial charge in [-0.1, -0.05) is 38.1 Å². The quantitative estimate of drug-likeness (QED) is 0.469. The second kappa shape index (κ2) is 12.1. The summed E-state index contributed by atoms with van der Waals surface area (Å²) in [6.07, 6.45) is 0.670. The molecule has 2 aromatic carbocycles.